The summed E-state index contributed by atoms with van der Waals surface area (Å²) in [4.78, 5) is 3.25. The Bertz CT molecular complexity index is 215. The summed E-state index contributed by atoms with van der Waals surface area (Å²) >= 11 is 0. The van der Waals surface area contributed by atoms with Gasteiger partial charge in [0, 0.05) is 17.3 Å². The minimum atomic E-state index is 0.258. The van der Waals surface area contributed by atoms with Gasteiger partial charge in [-0.25, -0.2) is 0 Å². The van der Waals surface area contributed by atoms with Gasteiger partial charge in [0.05, 0.1) is 0 Å². The third kappa shape index (κ3) is 1.41. The van der Waals surface area contributed by atoms with Crippen LogP contribution in [-0.2, 0) is 5.41 Å². The minimum absolute atomic E-state index is 0.258. The molecule has 0 atom stereocenters. The number of H-pyrrole nitrogens is 1. The van der Waals surface area contributed by atoms with E-state index in [4.69, 9.17) is 0 Å². The molecule has 1 heterocycles. The van der Waals surface area contributed by atoms with Gasteiger partial charge in [-0.15, -0.1) is 0 Å². The second-order valence-electron chi connectivity index (χ2n) is 3.84. The summed E-state index contributed by atoms with van der Waals surface area (Å²) in [5, 5.41) is 0. The predicted molar refractivity (Wildman–Crippen MR) is 44.2 cm³/mol. The zero-order valence-electron chi connectivity index (χ0n) is 7.15. The van der Waals surface area contributed by atoms with Crippen LogP contribution in [0, 0.1) is 6.92 Å². The quantitative estimate of drug-likeness (QED) is 0.565. The van der Waals surface area contributed by atoms with Gasteiger partial charge in [-0.05, 0) is 18.6 Å². The number of nitrogens with one attached hydrogen (secondary N) is 1. The highest BCUT2D eigenvalue weighted by Gasteiger charge is 2.14. The number of hydrogen-bond acceptors (Lipinski definition) is 0. The van der Waals surface area contributed by atoms with Crippen molar-refractivity contribution in [2.24, 2.45) is 0 Å². The maximum Gasteiger partial charge on any atom is 0.0204 e. The van der Waals surface area contributed by atoms with Crippen LogP contribution in [-0.4, -0.2) is 4.98 Å². The van der Waals surface area contributed by atoms with E-state index in [-0.39, 0.29) is 5.41 Å². The molecular formula is C9H15N. The van der Waals surface area contributed by atoms with Gasteiger partial charge >= 0.3 is 0 Å². The number of aromatic nitrogens is 1. The third-order valence-electron chi connectivity index (χ3n) is 1.64. The normalized spacial score (nSPS) is 12.0. The van der Waals surface area contributed by atoms with Crippen molar-refractivity contribution in [1.82, 2.24) is 4.98 Å². The van der Waals surface area contributed by atoms with E-state index in [1.807, 2.05) is 6.20 Å². The minimum Gasteiger partial charge on any atom is -0.364 e. The lowest BCUT2D eigenvalue weighted by Crippen LogP contribution is -2.10. The highest BCUT2D eigenvalue weighted by molar-refractivity contribution is 5.20. The van der Waals surface area contributed by atoms with Gasteiger partial charge in [-0.2, -0.15) is 0 Å². The number of aryl methyl sites for hydroxylation is 1. The summed E-state index contributed by atoms with van der Waals surface area (Å²) in [5.74, 6) is 0. The molecular weight excluding hydrogens is 122 g/mol. The second-order valence-corrected chi connectivity index (χ2v) is 3.84. The fourth-order valence-electron chi connectivity index (χ4n) is 0.936. The molecule has 0 aliphatic carbocycles. The topological polar surface area (TPSA) is 15.8 Å². The standard InChI is InChI=1S/C9H15N/c1-7-5-8(10-6-7)9(2,3)4/h5-6,10H,1-4H3. The molecule has 0 saturated carbocycles. The highest BCUT2D eigenvalue weighted by Crippen LogP contribution is 2.20. The predicted octanol–water partition coefficient (Wildman–Crippen LogP) is 2.62. The van der Waals surface area contributed by atoms with Gasteiger partial charge in [0.1, 0.15) is 0 Å². The number of hydrogen-bond donors (Lipinski definition) is 1. The SMILES string of the molecule is Cc1c[nH]c(C(C)(C)C)c1. The van der Waals surface area contributed by atoms with E-state index in [9.17, 15) is 0 Å². The highest BCUT2D eigenvalue weighted by atomic mass is 14.7. The monoisotopic (exact) mass is 137 g/mol. The van der Waals surface area contributed by atoms with Gasteiger partial charge in [0.2, 0.25) is 0 Å². The molecule has 1 aromatic rings. The van der Waals surface area contributed by atoms with Crippen molar-refractivity contribution in [3.8, 4) is 0 Å². The van der Waals surface area contributed by atoms with Gasteiger partial charge in [-0.1, -0.05) is 20.8 Å². The summed E-state index contributed by atoms with van der Waals surface area (Å²) in [6, 6.07) is 2.19. The van der Waals surface area contributed by atoms with Crippen LogP contribution in [0.15, 0.2) is 12.3 Å². The van der Waals surface area contributed by atoms with Gasteiger partial charge in [-0.3, -0.25) is 0 Å². The van der Waals surface area contributed by atoms with Crippen LogP contribution in [0.25, 0.3) is 0 Å². The lowest BCUT2D eigenvalue weighted by molar-refractivity contribution is 0.573. The summed E-state index contributed by atoms with van der Waals surface area (Å²) in [6.07, 6.45) is 2.04. The zero-order chi connectivity index (χ0) is 7.78. The van der Waals surface area contributed by atoms with E-state index in [1.165, 1.54) is 11.3 Å². The number of aromatic amines is 1. The van der Waals surface area contributed by atoms with Crippen molar-refractivity contribution in [2.45, 2.75) is 33.1 Å². The summed E-state index contributed by atoms with van der Waals surface area (Å²) < 4.78 is 0. The molecule has 0 saturated heterocycles. The van der Waals surface area contributed by atoms with Gasteiger partial charge in [0.15, 0.2) is 0 Å². The summed E-state index contributed by atoms with van der Waals surface area (Å²) in [7, 11) is 0. The molecule has 1 rings (SSSR count). The Morgan fingerprint density at radius 1 is 1.30 bits per heavy atom. The molecule has 10 heavy (non-hydrogen) atoms. The second kappa shape index (κ2) is 2.15. The van der Waals surface area contributed by atoms with Gasteiger partial charge in [0.25, 0.3) is 0 Å². The molecule has 0 bridgehead atoms. The molecule has 0 fully saturated rings. The molecule has 1 N–H and O–H groups in total. The Morgan fingerprint density at radius 2 is 1.90 bits per heavy atom. The van der Waals surface area contributed by atoms with E-state index in [2.05, 4.69) is 38.7 Å². The van der Waals surface area contributed by atoms with Crippen molar-refractivity contribution >= 4 is 0 Å². The Kier molecular flexibility index (Phi) is 1.59. The molecule has 56 valence electrons. The summed E-state index contributed by atoms with van der Waals surface area (Å²) in [5.41, 5.74) is 2.88. The molecule has 0 aromatic carbocycles. The van der Waals surface area contributed by atoms with Crippen LogP contribution in [0.4, 0.5) is 0 Å². The Labute approximate surface area is 62.5 Å². The maximum atomic E-state index is 3.25. The fraction of sp³-hybridized carbons (Fsp3) is 0.556. The molecule has 1 nitrogen and oxygen atoms in total. The molecule has 1 aromatic heterocycles. The largest absolute Gasteiger partial charge is 0.364 e. The Morgan fingerprint density at radius 3 is 2.10 bits per heavy atom. The molecule has 1 heteroatoms. The van der Waals surface area contributed by atoms with Crippen LogP contribution < -0.4 is 0 Å². The fourth-order valence-corrected chi connectivity index (χ4v) is 0.936. The van der Waals surface area contributed by atoms with Crippen molar-refractivity contribution in [2.75, 3.05) is 0 Å². The van der Waals surface area contributed by atoms with Crippen molar-refractivity contribution in [1.29, 1.82) is 0 Å². The van der Waals surface area contributed by atoms with Crippen molar-refractivity contribution < 1.29 is 0 Å². The Balaban J connectivity index is 2.96. The molecule has 0 radical (unpaired) electrons. The van der Waals surface area contributed by atoms with E-state index in [0.717, 1.165) is 0 Å². The Hall–Kier alpha value is -0.720. The zero-order valence-corrected chi connectivity index (χ0v) is 7.15. The first-order valence-corrected chi connectivity index (χ1v) is 3.65. The average Bonchev–Trinajstić information content (AvgIpc) is 2.11. The first-order valence-electron chi connectivity index (χ1n) is 3.65. The lowest BCUT2D eigenvalue weighted by atomic mass is 9.92. The first-order chi connectivity index (χ1) is 4.50. The molecule has 0 spiro atoms. The van der Waals surface area contributed by atoms with E-state index in [0.29, 0.717) is 0 Å². The average molecular weight is 137 g/mol. The lowest BCUT2D eigenvalue weighted by Gasteiger charge is -2.15. The van der Waals surface area contributed by atoms with Crippen LogP contribution in [0.3, 0.4) is 0 Å². The van der Waals surface area contributed by atoms with Gasteiger partial charge < -0.3 is 4.98 Å². The maximum absolute atomic E-state index is 3.25. The summed E-state index contributed by atoms with van der Waals surface area (Å²) in [6.45, 7) is 8.72. The smallest absolute Gasteiger partial charge is 0.0204 e. The number of rotatable bonds is 0. The van der Waals surface area contributed by atoms with E-state index >= 15 is 0 Å². The molecule has 0 aliphatic rings. The third-order valence-corrected chi connectivity index (χ3v) is 1.64. The van der Waals surface area contributed by atoms with Crippen molar-refractivity contribution in [3.05, 3.63) is 23.5 Å². The molecule has 0 aliphatic heterocycles. The molecule has 0 unspecified atom stereocenters. The first kappa shape index (κ1) is 7.39. The van der Waals surface area contributed by atoms with Crippen molar-refractivity contribution in [3.63, 3.8) is 0 Å². The van der Waals surface area contributed by atoms with Crippen LogP contribution in [0.1, 0.15) is 32.0 Å². The van der Waals surface area contributed by atoms with E-state index in [1.54, 1.807) is 0 Å². The van der Waals surface area contributed by atoms with Crippen LogP contribution in [0.5, 0.6) is 0 Å². The van der Waals surface area contributed by atoms with Crippen LogP contribution >= 0.6 is 0 Å². The van der Waals surface area contributed by atoms with E-state index < -0.39 is 0 Å². The molecule has 0 amide bonds. The van der Waals surface area contributed by atoms with Crippen LogP contribution in [0.2, 0.25) is 0 Å².